The van der Waals surface area contributed by atoms with Crippen LogP contribution >= 0.6 is 0 Å². The van der Waals surface area contributed by atoms with Gasteiger partial charge in [0.2, 0.25) is 0 Å². The normalized spacial score (nSPS) is 15.0. The van der Waals surface area contributed by atoms with Gasteiger partial charge in [-0.3, -0.25) is 0 Å². The van der Waals surface area contributed by atoms with Crippen molar-refractivity contribution in [2.45, 2.75) is 46.5 Å². The average Bonchev–Trinajstić information content (AvgIpc) is 2.11. The lowest BCUT2D eigenvalue weighted by Crippen LogP contribution is -1.85. The van der Waals surface area contributed by atoms with Gasteiger partial charge < -0.3 is 0 Å². The molecular formula is C11H20. The number of rotatable bonds is 2. The Labute approximate surface area is 71.0 Å². The Morgan fingerprint density at radius 2 is 2.09 bits per heavy atom. The second-order valence-corrected chi connectivity index (χ2v) is 2.54. The third kappa shape index (κ3) is 4.83. The second-order valence-electron chi connectivity index (χ2n) is 2.54. The molecule has 0 N–H and O–H groups in total. The molecule has 64 valence electrons. The minimum Gasteiger partial charge on any atom is -0.0842 e. The Kier molecular flexibility index (Phi) is 7.23. The van der Waals surface area contributed by atoms with Gasteiger partial charge in [0.05, 0.1) is 0 Å². The van der Waals surface area contributed by atoms with Gasteiger partial charge in [-0.25, -0.2) is 0 Å². The van der Waals surface area contributed by atoms with Crippen molar-refractivity contribution < 1.29 is 0 Å². The van der Waals surface area contributed by atoms with Gasteiger partial charge in [-0.1, -0.05) is 51.0 Å². The first kappa shape index (κ1) is 10.5. The lowest BCUT2D eigenvalue weighted by atomic mass is 10.0. The summed E-state index contributed by atoms with van der Waals surface area (Å²) in [6.45, 7) is 6.24. The summed E-state index contributed by atoms with van der Waals surface area (Å²) >= 11 is 0. The second kappa shape index (κ2) is 7.59. The molecule has 0 spiro atoms. The smallest absolute Gasteiger partial charge is 0.0282 e. The first-order valence-electron chi connectivity index (χ1n) is 4.78. The molecule has 0 bridgehead atoms. The predicted octanol–water partition coefficient (Wildman–Crippen LogP) is 4.09. The van der Waals surface area contributed by atoms with Crippen LogP contribution in [0.2, 0.25) is 0 Å². The van der Waals surface area contributed by atoms with Gasteiger partial charge >= 0.3 is 0 Å². The highest BCUT2D eigenvalue weighted by molar-refractivity contribution is 5.17. The van der Waals surface area contributed by atoms with Crippen molar-refractivity contribution in [2.24, 2.45) is 0 Å². The highest BCUT2D eigenvalue weighted by Gasteiger charge is 1.95. The molecule has 1 aliphatic rings. The van der Waals surface area contributed by atoms with Gasteiger partial charge in [-0.2, -0.15) is 0 Å². The predicted molar refractivity (Wildman–Crippen MR) is 52.7 cm³/mol. The van der Waals surface area contributed by atoms with E-state index >= 15 is 0 Å². The van der Waals surface area contributed by atoms with Crippen LogP contribution in [0, 0.1) is 0 Å². The molecule has 0 fully saturated rings. The summed E-state index contributed by atoms with van der Waals surface area (Å²) < 4.78 is 0. The van der Waals surface area contributed by atoms with Crippen molar-refractivity contribution in [1.82, 2.24) is 0 Å². The molecule has 0 aromatic rings. The summed E-state index contributed by atoms with van der Waals surface area (Å²) in [5, 5.41) is 0. The Morgan fingerprint density at radius 3 is 2.55 bits per heavy atom. The van der Waals surface area contributed by atoms with E-state index in [-0.39, 0.29) is 0 Å². The molecular weight excluding hydrogens is 132 g/mol. The largest absolute Gasteiger partial charge is 0.0842 e. The van der Waals surface area contributed by atoms with Crippen LogP contribution in [0.4, 0.5) is 0 Å². The zero-order valence-electron chi connectivity index (χ0n) is 8.06. The third-order valence-corrected chi connectivity index (χ3v) is 1.67. The molecule has 0 heteroatoms. The van der Waals surface area contributed by atoms with Gasteiger partial charge in [-0.05, 0) is 19.3 Å². The van der Waals surface area contributed by atoms with Crippen LogP contribution < -0.4 is 0 Å². The summed E-state index contributed by atoms with van der Waals surface area (Å²) in [6, 6.07) is 0. The van der Waals surface area contributed by atoms with Gasteiger partial charge in [0.15, 0.2) is 0 Å². The minimum absolute atomic E-state index is 1.26. The summed E-state index contributed by atoms with van der Waals surface area (Å²) in [4.78, 5) is 0. The van der Waals surface area contributed by atoms with Gasteiger partial charge in [0.25, 0.3) is 0 Å². The van der Waals surface area contributed by atoms with Crippen LogP contribution in [0.1, 0.15) is 46.5 Å². The average molecular weight is 152 g/mol. The highest BCUT2D eigenvalue weighted by Crippen LogP contribution is 2.15. The molecule has 0 aliphatic heterocycles. The summed E-state index contributed by atoms with van der Waals surface area (Å²) in [7, 11) is 0. The lowest BCUT2D eigenvalue weighted by Gasteiger charge is -2.05. The van der Waals surface area contributed by atoms with Crippen molar-refractivity contribution in [1.29, 1.82) is 0 Å². The van der Waals surface area contributed by atoms with Crippen LogP contribution in [0.3, 0.4) is 0 Å². The molecule has 0 saturated carbocycles. The fourth-order valence-electron chi connectivity index (χ4n) is 1.18. The van der Waals surface area contributed by atoms with Crippen LogP contribution in [-0.4, -0.2) is 0 Å². The first-order valence-corrected chi connectivity index (χ1v) is 4.78. The molecule has 0 amide bonds. The quantitative estimate of drug-likeness (QED) is 0.559. The topological polar surface area (TPSA) is 0 Å². The van der Waals surface area contributed by atoms with E-state index in [0.29, 0.717) is 0 Å². The zero-order valence-corrected chi connectivity index (χ0v) is 8.06. The van der Waals surface area contributed by atoms with Gasteiger partial charge in [0.1, 0.15) is 0 Å². The number of hydrogen-bond acceptors (Lipinski definition) is 0. The SMILES string of the molecule is CC.CCCC1=CC=CCC1. The maximum atomic E-state index is 2.26. The van der Waals surface area contributed by atoms with Crippen molar-refractivity contribution in [3.63, 3.8) is 0 Å². The van der Waals surface area contributed by atoms with E-state index in [1.165, 1.54) is 25.7 Å². The van der Waals surface area contributed by atoms with E-state index in [4.69, 9.17) is 0 Å². The van der Waals surface area contributed by atoms with E-state index < -0.39 is 0 Å². The van der Waals surface area contributed by atoms with Crippen molar-refractivity contribution in [2.75, 3.05) is 0 Å². The molecule has 0 saturated heterocycles. The molecule has 0 radical (unpaired) electrons. The summed E-state index contributed by atoms with van der Waals surface area (Å²) in [5.41, 5.74) is 1.63. The van der Waals surface area contributed by atoms with E-state index in [9.17, 15) is 0 Å². The van der Waals surface area contributed by atoms with Crippen LogP contribution in [0.5, 0.6) is 0 Å². The Balaban J connectivity index is 0.000000461. The van der Waals surface area contributed by atoms with Crippen LogP contribution in [0.25, 0.3) is 0 Å². The number of allylic oxidation sites excluding steroid dienone is 4. The molecule has 1 aliphatic carbocycles. The Bertz CT molecular complexity index is 129. The van der Waals surface area contributed by atoms with Crippen molar-refractivity contribution >= 4 is 0 Å². The Hall–Kier alpha value is -0.520. The fourth-order valence-corrected chi connectivity index (χ4v) is 1.18. The van der Waals surface area contributed by atoms with E-state index in [0.717, 1.165) is 0 Å². The standard InChI is InChI=1S/C9H14.C2H6/c1-2-6-9-7-4-3-5-8-9;1-2/h3-4,7H,2,5-6,8H2,1H3;1-2H3. The maximum absolute atomic E-state index is 2.26. The third-order valence-electron chi connectivity index (χ3n) is 1.67. The van der Waals surface area contributed by atoms with E-state index in [1.807, 2.05) is 13.8 Å². The van der Waals surface area contributed by atoms with Crippen LogP contribution in [0.15, 0.2) is 23.8 Å². The number of hydrogen-bond donors (Lipinski definition) is 0. The van der Waals surface area contributed by atoms with Crippen molar-refractivity contribution in [3.05, 3.63) is 23.8 Å². The van der Waals surface area contributed by atoms with Crippen LogP contribution in [-0.2, 0) is 0 Å². The Morgan fingerprint density at radius 1 is 1.36 bits per heavy atom. The molecule has 0 nitrogen and oxygen atoms in total. The fraction of sp³-hybridized carbons (Fsp3) is 0.636. The summed E-state index contributed by atoms with van der Waals surface area (Å²) in [6.07, 6.45) is 11.8. The van der Waals surface area contributed by atoms with E-state index in [2.05, 4.69) is 25.2 Å². The maximum Gasteiger partial charge on any atom is -0.0282 e. The molecule has 11 heavy (non-hydrogen) atoms. The van der Waals surface area contributed by atoms with Crippen molar-refractivity contribution in [3.8, 4) is 0 Å². The van der Waals surface area contributed by atoms with E-state index in [1.54, 1.807) is 5.57 Å². The molecule has 1 rings (SSSR count). The van der Waals surface area contributed by atoms with Gasteiger partial charge in [0, 0.05) is 0 Å². The molecule has 0 atom stereocenters. The molecule has 0 aromatic carbocycles. The van der Waals surface area contributed by atoms with Gasteiger partial charge in [-0.15, -0.1) is 0 Å². The zero-order chi connectivity index (χ0) is 8.53. The lowest BCUT2D eigenvalue weighted by molar-refractivity contribution is 0.821. The first-order chi connectivity index (χ1) is 5.43. The molecule has 0 unspecified atom stereocenters. The highest BCUT2D eigenvalue weighted by atomic mass is 14.0. The molecule has 0 aromatic heterocycles. The summed E-state index contributed by atoms with van der Waals surface area (Å²) in [5.74, 6) is 0. The molecule has 0 heterocycles. The monoisotopic (exact) mass is 152 g/mol. The minimum atomic E-state index is 1.26.